The van der Waals surface area contributed by atoms with Gasteiger partial charge >= 0.3 is 0 Å². The number of ether oxygens (including phenoxy) is 1. The molecule has 5 nitrogen and oxygen atoms in total. The lowest BCUT2D eigenvalue weighted by Crippen LogP contribution is -2.13. The molecular formula is C26H22Cl2FN3O2. The molecule has 0 saturated carbocycles. The zero-order chi connectivity index (χ0) is 24.2. The number of aromatic nitrogens is 2. The Bertz CT molecular complexity index is 1320. The molecule has 3 aromatic carbocycles. The molecule has 8 heteroatoms. The maximum atomic E-state index is 14.1. The number of amides is 1. The molecule has 34 heavy (non-hydrogen) atoms. The number of nitrogens with one attached hydrogen (secondary N) is 1. The van der Waals surface area contributed by atoms with Crippen molar-refractivity contribution in [3.63, 3.8) is 0 Å². The molecule has 1 amide bonds. The van der Waals surface area contributed by atoms with Crippen LogP contribution in [0.15, 0.2) is 66.7 Å². The highest BCUT2D eigenvalue weighted by Gasteiger charge is 2.13. The van der Waals surface area contributed by atoms with Crippen molar-refractivity contribution in [3.05, 3.63) is 111 Å². The van der Waals surface area contributed by atoms with Gasteiger partial charge in [0.1, 0.15) is 18.2 Å². The summed E-state index contributed by atoms with van der Waals surface area (Å²) >= 11 is 12.3. The summed E-state index contributed by atoms with van der Waals surface area (Å²) in [5, 5.41) is 8.03. The van der Waals surface area contributed by atoms with Crippen molar-refractivity contribution >= 4 is 34.9 Å². The number of benzene rings is 3. The molecule has 0 aliphatic heterocycles. The molecule has 4 rings (SSSR count). The van der Waals surface area contributed by atoms with Crippen LogP contribution < -0.4 is 10.1 Å². The van der Waals surface area contributed by atoms with Crippen molar-refractivity contribution in [2.75, 3.05) is 5.32 Å². The highest BCUT2D eigenvalue weighted by molar-refractivity contribution is 6.32. The van der Waals surface area contributed by atoms with Crippen molar-refractivity contribution in [1.29, 1.82) is 0 Å². The standard InChI is InChI=1S/C26H22Cl2FN3O2/c1-16-6-11-22(28)24(12-16)34-15-18-7-9-19(10-8-18)26(33)30-25-13-17(2)32(31-25)14-20-21(27)4-3-5-23(20)29/h3-13H,14-15H2,1-2H3,(H,30,31,33). The average molecular weight is 498 g/mol. The van der Waals surface area contributed by atoms with Gasteiger partial charge in [-0.3, -0.25) is 9.48 Å². The van der Waals surface area contributed by atoms with E-state index in [-0.39, 0.29) is 12.5 Å². The second kappa shape index (κ2) is 10.3. The number of carbonyl (C=O) groups is 1. The van der Waals surface area contributed by atoms with Gasteiger partial charge in [-0.2, -0.15) is 5.10 Å². The molecular weight excluding hydrogens is 476 g/mol. The first-order valence-electron chi connectivity index (χ1n) is 10.6. The summed E-state index contributed by atoms with van der Waals surface area (Å²) in [6.45, 7) is 4.28. The van der Waals surface area contributed by atoms with Crippen molar-refractivity contribution in [1.82, 2.24) is 9.78 Å². The molecule has 0 fully saturated rings. The number of aryl methyl sites for hydroxylation is 2. The third-order valence-electron chi connectivity index (χ3n) is 5.29. The van der Waals surface area contributed by atoms with Crippen molar-refractivity contribution in [2.45, 2.75) is 27.0 Å². The van der Waals surface area contributed by atoms with E-state index in [1.807, 2.05) is 38.1 Å². The molecule has 4 aromatic rings. The summed E-state index contributed by atoms with van der Waals surface area (Å²) in [5.41, 5.74) is 3.54. The Labute approximate surface area is 207 Å². The minimum Gasteiger partial charge on any atom is -0.487 e. The Morgan fingerprint density at radius 1 is 1.03 bits per heavy atom. The van der Waals surface area contributed by atoms with Gasteiger partial charge in [-0.15, -0.1) is 0 Å². The number of anilines is 1. The summed E-state index contributed by atoms with van der Waals surface area (Å²) in [7, 11) is 0. The van der Waals surface area contributed by atoms with Crippen molar-refractivity contribution in [3.8, 4) is 5.75 Å². The molecule has 174 valence electrons. The molecule has 0 radical (unpaired) electrons. The molecule has 1 aromatic heterocycles. The van der Waals surface area contributed by atoms with Crippen LogP contribution in [-0.4, -0.2) is 15.7 Å². The summed E-state index contributed by atoms with van der Waals surface area (Å²) in [5.74, 6) is 0.284. The third-order valence-corrected chi connectivity index (χ3v) is 5.96. The molecule has 0 spiro atoms. The molecule has 0 saturated heterocycles. The molecule has 0 atom stereocenters. The van der Waals surface area contributed by atoms with E-state index in [9.17, 15) is 9.18 Å². The van der Waals surface area contributed by atoms with E-state index < -0.39 is 5.82 Å². The van der Waals surface area contributed by atoms with E-state index in [2.05, 4.69) is 10.4 Å². The normalized spacial score (nSPS) is 10.9. The number of carbonyl (C=O) groups excluding carboxylic acids is 1. The largest absolute Gasteiger partial charge is 0.487 e. The Balaban J connectivity index is 1.39. The van der Waals surface area contributed by atoms with Crippen molar-refractivity contribution < 1.29 is 13.9 Å². The Kier molecular flexibility index (Phi) is 7.20. The highest BCUT2D eigenvalue weighted by atomic mass is 35.5. The first-order valence-corrected chi connectivity index (χ1v) is 11.3. The summed E-state index contributed by atoms with van der Waals surface area (Å²) in [6.07, 6.45) is 0. The summed E-state index contributed by atoms with van der Waals surface area (Å²) in [4.78, 5) is 12.7. The maximum absolute atomic E-state index is 14.1. The zero-order valence-electron chi connectivity index (χ0n) is 18.6. The van der Waals surface area contributed by atoms with Crippen LogP contribution in [0.1, 0.15) is 32.7 Å². The first-order chi connectivity index (χ1) is 16.3. The van der Waals surface area contributed by atoms with E-state index in [0.717, 1.165) is 16.8 Å². The monoisotopic (exact) mass is 497 g/mol. The van der Waals surface area contributed by atoms with Gasteiger partial charge in [0.25, 0.3) is 5.91 Å². The SMILES string of the molecule is Cc1ccc(Cl)c(OCc2ccc(C(=O)Nc3cc(C)n(Cc4c(F)cccc4Cl)n3)cc2)c1. The fraction of sp³-hybridized carbons (Fsp3) is 0.154. The lowest BCUT2D eigenvalue weighted by atomic mass is 10.1. The van der Waals surface area contributed by atoms with Crippen LogP contribution >= 0.6 is 23.2 Å². The molecule has 0 aliphatic rings. The number of hydrogen-bond donors (Lipinski definition) is 1. The quantitative estimate of drug-likeness (QED) is 0.304. The lowest BCUT2D eigenvalue weighted by molar-refractivity contribution is 0.102. The van der Waals surface area contributed by atoms with E-state index in [1.165, 1.54) is 6.07 Å². The van der Waals surface area contributed by atoms with Crippen LogP contribution in [0, 0.1) is 19.7 Å². The maximum Gasteiger partial charge on any atom is 0.256 e. The fourth-order valence-corrected chi connectivity index (χ4v) is 3.78. The van der Waals surface area contributed by atoms with Gasteiger partial charge in [0.15, 0.2) is 5.82 Å². The van der Waals surface area contributed by atoms with E-state index >= 15 is 0 Å². The van der Waals surface area contributed by atoms with Crippen LogP contribution in [0.5, 0.6) is 5.75 Å². The predicted octanol–water partition coefficient (Wildman–Crippen LogP) is 6.83. The molecule has 0 aliphatic carbocycles. The van der Waals surface area contributed by atoms with Crippen molar-refractivity contribution in [2.24, 2.45) is 0 Å². The summed E-state index contributed by atoms with van der Waals surface area (Å²) in [6, 6.07) is 18.9. The highest BCUT2D eigenvalue weighted by Crippen LogP contribution is 2.26. The molecule has 0 bridgehead atoms. The van der Waals surface area contributed by atoms with Crippen LogP contribution in [0.3, 0.4) is 0 Å². The van der Waals surface area contributed by atoms with Gasteiger partial charge in [-0.1, -0.05) is 47.5 Å². The minimum atomic E-state index is -0.401. The van der Waals surface area contributed by atoms with E-state index in [4.69, 9.17) is 27.9 Å². The van der Waals surface area contributed by atoms with Gasteiger partial charge in [-0.25, -0.2) is 4.39 Å². The van der Waals surface area contributed by atoms with Gasteiger partial charge < -0.3 is 10.1 Å². The Morgan fingerprint density at radius 3 is 2.53 bits per heavy atom. The smallest absolute Gasteiger partial charge is 0.256 e. The summed E-state index contributed by atoms with van der Waals surface area (Å²) < 4.78 is 21.5. The molecule has 0 unspecified atom stereocenters. The predicted molar refractivity (Wildman–Crippen MR) is 132 cm³/mol. The van der Waals surface area contributed by atoms with Crippen LogP contribution in [0.2, 0.25) is 10.0 Å². The number of nitrogens with zero attached hydrogens (tertiary/aromatic N) is 2. The van der Waals surface area contributed by atoms with Gasteiger partial charge in [0.05, 0.1) is 11.6 Å². The molecule has 1 heterocycles. The second-order valence-corrected chi connectivity index (χ2v) is 8.72. The Morgan fingerprint density at radius 2 is 1.79 bits per heavy atom. The van der Waals surface area contributed by atoms with Gasteiger partial charge in [0.2, 0.25) is 0 Å². The lowest BCUT2D eigenvalue weighted by Gasteiger charge is -2.09. The third kappa shape index (κ3) is 5.58. The topological polar surface area (TPSA) is 56.1 Å². The molecule has 1 N–H and O–H groups in total. The minimum absolute atomic E-state index is 0.160. The fourth-order valence-electron chi connectivity index (χ4n) is 3.39. The average Bonchev–Trinajstić information content (AvgIpc) is 3.15. The van der Waals surface area contributed by atoms with E-state index in [0.29, 0.717) is 39.3 Å². The number of rotatable bonds is 7. The zero-order valence-corrected chi connectivity index (χ0v) is 20.1. The second-order valence-electron chi connectivity index (χ2n) is 7.90. The van der Waals surface area contributed by atoms with Gasteiger partial charge in [-0.05, 0) is 61.4 Å². The van der Waals surface area contributed by atoms with Crippen LogP contribution in [-0.2, 0) is 13.2 Å². The number of halogens is 3. The van der Waals surface area contributed by atoms with Crippen LogP contribution in [0.25, 0.3) is 0 Å². The van der Waals surface area contributed by atoms with Gasteiger partial charge in [0, 0.05) is 27.9 Å². The van der Waals surface area contributed by atoms with E-state index in [1.54, 1.807) is 41.1 Å². The number of hydrogen-bond acceptors (Lipinski definition) is 3. The first kappa shape index (κ1) is 23.8. The van der Waals surface area contributed by atoms with Crippen LogP contribution in [0.4, 0.5) is 10.2 Å². The Hall–Kier alpha value is -3.35.